The number of carboxylic acid groups (broad SMARTS) is 3. The molecule has 0 bridgehead atoms. The van der Waals surface area contributed by atoms with Crippen molar-refractivity contribution in [2.75, 3.05) is 39.6 Å². The largest absolute Gasteiger partial charge is 0.481 e. The Kier molecular flexibility index (Phi) is 20.5. The predicted molar refractivity (Wildman–Crippen MR) is 168 cm³/mol. The Bertz CT molecular complexity index is 1100. The molecule has 4 atom stereocenters. The number of ether oxygens (including phenoxy) is 6. The van der Waals surface area contributed by atoms with Crippen molar-refractivity contribution in [3.05, 3.63) is 35.9 Å². The standard InChI is InChI=1S/C33H49NO14/c35-27(36)14-18-43-25-22-46-26(32(45-20-16-29(39)40)31(25)44-19-15-28(37)38)23-48-33(42)34-17-10-5-3-1-2-4-9-13-30(41)47-21-24-11-7-6-8-12-24/h6-8,11-12,25-26,31-32H,1-5,9-10,13-23H2,(H,34,42)(H,35,36)(H,37,38)(H,39,40)/t25-,26+,31+,32+/m0/s1. The first kappa shape index (κ1) is 40.4. The summed E-state index contributed by atoms with van der Waals surface area (Å²) in [7, 11) is 0. The number of aliphatic carboxylic acids is 3. The van der Waals surface area contributed by atoms with Crippen LogP contribution >= 0.6 is 0 Å². The van der Waals surface area contributed by atoms with E-state index < -0.39 is 48.4 Å². The first-order valence-corrected chi connectivity index (χ1v) is 16.4. The van der Waals surface area contributed by atoms with Gasteiger partial charge in [0.15, 0.2) is 0 Å². The third kappa shape index (κ3) is 18.5. The summed E-state index contributed by atoms with van der Waals surface area (Å²) in [6.45, 7) is -0.258. The van der Waals surface area contributed by atoms with Gasteiger partial charge in [-0.25, -0.2) is 4.79 Å². The minimum absolute atomic E-state index is 0.0792. The lowest BCUT2D eigenvalue weighted by Crippen LogP contribution is -2.58. The normalized spacial score (nSPS) is 18.9. The number of hydrogen-bond donors (Lipinski definition) is 4. The van der Waals surface area contributed by atoms with Crippen LogP contribution in [0.3, 0.4) is 0 Å². The minimum atomic E-state index is -1.10. The molecule has 0 aliphatic carbocycles. The van der Waals surface area contributed by atoms with Crippen LogP contribution in [0.25, 0.3) is 0 Å². The summed E-state index contributed by atoms with van der Waals surface area (Å²) >= 11 is 0. The fourth-order valence-electron chi connectivity index (χ4n) is 4.87. The number of nitrogens with one attached hydrogen (secondary N) is 1. The topological polar surface area (TPSA) is 213 Å². The molecule has 1 aliphatic rings. The Morgan fingerprint density at radius 3 is 1.88 bits per heavy atom. The van der Waals surface area contributed by atoms with Crippen LogP contribution in [-0.4, -0.2) is 109 Å². The molecule has 0 radical (unpaired) electrons. The Morgan fingerprint density at radius 1 is 0.688 bits per heavy atom. The molecule has 1 aromatic rings. The quantitative estimate of drug-likeness (QED) is 0.0812. The van der Waals surface area contributed by atoms with Gasteiger partial charge >= 0.3 is 30.0 Å². The van der Waals surface area contributed by atoms with E-state index in [1.807, 2.05) is 30.3 Å². The van der Waals surface area contributed by atoms with Crippen molar-refractivity contribution in [1.29, 1.82) is 0 Å². The number of alkyl carbamates (subject to hydrolysis) is 1. The van der Waals surface area contributed by atoms with Crippen molar-refractivity contribution in [2.24, 2.45) is 0 Å². The number of esters is 1. The van der Waals surface area contributed by atoms with Gasteiger partial charge in [0.2, 0.25) is 0 Å². The van der Waals surface area contributed by atoms with Gasteiger partial charge < -0.3 is 49.1 Å². The van der Waals surface area contributed by atoms with Crippen molar-refractivity contribution in [3.63, 3.8) is 0 Å². The van der Waals surface area contributed by atoms with E-state index in [0.29, 0.717) is 13.0 Å². The Balaban J connectivity index is 1.67. The number of amides is 1. The third-order valence-electron chi connectivity index (χ3n) is 7.38. The van der Waals surface area contributed by atoms with Gasteiger partial charge in [-0.3, -0.25) is 19.2 Å². The van der Waals surface area contributed by atoms with Gasteiger partial charge in [0.25, 0.3) is 0 Å². The summed E-state index contributed by atoms with van der Waals surface area (Å²) < 4.78 is 33.6. The first-order chi connectivity index (χ1) is 23.2. The molecule has 270 valence electrons. The third-order valence-corrected chi connectivity index (χ3v) is 7.38. The van der Waals surface area contributed by atoms with E-state index in [1.165, 1.54) is 0 Å². The average molecular weight is 684 g/mol. The van der Waals surface area contributed by atoms with Gasteiger partial charge in [-0.2, -0.15) is 0 Å². The molecule has 15 heteroatoms. The second-order valence-corrected chi connectivity index (χ2v) is 11.3. The minimum Gasteiger partial charge on any atom is -0.481 e. The zero-order valence-electron chi connectivity index (χ0n) is 27.3. The number of hydrogen-bond acceptors (Lipinski definition) is 11. The van der Waals surface area contributed by atoms with Crippen LogP contribution in [-0.2, 0) is 54.2 Å². The van der Waals surface area contributed by atoms with Crippen molar-refractivity contribution in [3.8, 4) is 0 Å². The molecule has 4 N–H and O–H groups in total. The van der Waals surface area contributed by atoms with Gasteiger partial charge in [-0.05, 0) is 18.4 Å². The fourth-order valence-corrected chi connectivity index (χ4v) is 4.87. The van der Waals surface area contributed by atoms with E-state index in [-0.39, 0.29) is 64.9 Å². The summed E-state index contributed by atoms with van der Waals surface area (Å²) in [4.78, 5) is 57.3. The monoisotopic (exact) mass is 683 g/mol. The molecule has 1 saturated heterocycles. The van der Waals surface area contributed by atoms with Crippen LogP contribution in [0.5, 0.6) is 0 Å². The molecule has 1 aromatic carbocycles. The number of unbranched alkanes of at least 4 members (excludes halogenated alkanes) is 6. The number of carboxylic acids is 3. The van der Waals surface area contributed by atoms with Crippen LogP contribution in [0, 0.1) is 0 Å². The van der Waals surface area contributed by atoms with E-state index in [9.17, 15) is 24.0 Å². The molecule has 0 aromatic heterocycles. The molecule has 1 aliphatic heterocycles. The summed E-state index contributed by atoms with van der Waals surface area (Å²) in [6, 6.07) is 9.55. The molecular formula is C33H49NO14. The van der Waals surface area contributed by atoms with Crippen molar-refractivity contribution < 1.29 is 67.7 Å². The number of rotatable bonds is 26. The Hall–Kier alpha value is -3.79. The maximum Gasteiger partial charge on any atom is 0.407 e. The Labute approximate surface area is 280 Å². The molecule has 1 amide bonds. The zero-order valence-corrected chi connectivity index (χ0v) is 27.3. The van der Waals surface area contributed by atoms with E-state index in [0.717, 1.165) is 50.5 Å². The highest BCUT2D eigenvalue weighted by Crippen LogP contribution is 2.25. The molecule has 0 saturated carbocycles. The fraction of sp³-hybridized carbons (Fsp3) is 0.667. The van der Waals surface area contributed by atoms with Crippen molar-refractivity contribution in [1.82, 2.24) is 5.32 Å². The SMILES string of the molecule is O=C(O)CCO[C@H]1[C@H](OCCC(=O)O)[C@@H](COC(=O)NCCCCCCCCCC(=O)OCc2ccccc2)OC[C@@H]1OCCC(=O)O. The molecule has 0 spiro atoms. The van der Waals surface area contributed by atoms with Crippen LogP contribution < -0.4 is 5.32 Å². The molecule has 1 fully saturated rings. The maximum absolute atomic E-state index is 12.4. The average Bonchev–Trinajstić information content (AvgIpc) is 3.05. The molecule has 15 nitrogen and oxygen atoms in total. The molecule has 1 heterocycles. The van der Waals surface area contributed by atoms with Crippen molar-refractivity contribution in [2.45, 2.75) is 102 Å². The zero-order chi connectivity index (χ0) is 35.0. The van der Waals surface area contributed by atoms with E-state index in [2.05, 4.69) is 5.32 Å². The van der Waals surface area contributed by atoms with E-state index in [4.69, 9.17) is 43.7 Å². The molecule has 2 rings (SSSR count). The van der Waals surface area contributed by atoms with Gasteiger partial charge in [-0.1, -0.05) is 62.4 Å². The summed E-state index contributed by atoms with van der Waals surface area (Å²) in [5, 5.41) is 29.7. The van der Waals surface area contributed by atoms with Crippen LogP contribution in [0.2, 0.25) is 0 Å². The smallest absolute Gasteiger partial charge is 0.407 e. The van der Waals surface area contributed by atoms with Gasteiger partial charge in [0.05, 0.1) is 45.7 Å². The van der Waals surface area contributed by atoms with Crippen LogP contribution in [0.1, 0.15) is 76.2 Å². The van der Waals surface area contributed by atoms with Gasteiger partial charge in [0, 0.05) is 13.0 Å². The van der Waals surface area contributed by atoms with Crippen LogP contribution in [0.15, 0.2) is 30.3 Å². The lowest BCUT2D eigenvalue weighted by atomic mass is 9.99. The highest BCUT2D eigenvalue weighted by molar-refractivity contribution is 5.69. The summed E-state index contributed by atoms with van der Waals surface area (Å²) in [5.41, 5.74) is 0.964. The molecule has 0 unspecified atom stereocenters. The van der Waals surface area contributed by atoms with Crippen molar-refractivity contribution >= 4 is 30.0 Å². The predicted octanol–water partition coefficient (Wildman–Crippen LogP) is 3.56. The maximum atomic E-state index is 12.4. The van der Waals surface area contributed by atoms with E-state index in [1.54, 1.807) is 0 Å². The highest BCUT2D eigenvalue weighted by Gasteiger charge is 2.43. The first-order valence-electron chi connectivity index (χ1n) is 16.4. The summed E-state index contributed by atoms with van der Waals surface area (Å²) in [6.07, 6.45) is 1.52. The Morgan fingerprint density at radius 2 is 1.25 bits per heavy atom. The summed E-state index contributed by atoms with van der Waals surface area (Å²) in [5.74, 6) is -3.47. The lowest BCUT2D eigenvalue weighted by Gasteiger charge is -2.41. The van der Waals surface area contributed by atoms with Gasteiger partial charge in [0.1, 0.15) is 37.6 Å². The van der Waals surface area contributed by atoms with Crippen LogP contribution in [0.4, 0.5) is 4.79 Å². The lowest BCUT2D eigenvalue weighted by molar-refractivity contribution is -0.236. The highest BCUT2D eigenvalue weighted by atomic mass is 16.6. The van der Waals surface area contributed by atoms with E-state index >= 15 is 0 Å². The number of carbonyl (C=O) groups excluding carboxylic acids is 2. The number of benzene rings is 1. The number of carbonyl (C=O) groups is 5. The second kappa shape index (κ2) is 24.4. The second-order valence-electron chi connectivity index (χ2n) is 11.3. The molecular weight excluding hydrogens is 634 g/mol. The molecule has 48 heavy (non-hydrogen) atoms. The van der Waals surface area contributed by atoms with Gasteiger partial charge in [-0.15, -0.1) is 0 Å².